The van der Waals surface area contributed by atoms with Crippen molar-refractivity contribution >= 4 is 11.9 Å². The van der Waals surface area contributed by atoms with Crippen LogP contribution in [0.15, 0.2) is 30.3 Å². The number of carbonyl (C=O) groups excluding carboxylic acids is 1. The van der Waals surface area contributed by atoms with Crippen LogP contribution in [0.2, 0.25) is 0 Å². The van der Waals surface area contributed by atoms with Gasteiger partial charge in [0.05, 0.1) is 0 Å². The molecule has 4 heteroatoms. The van der Waals surface area contributed by atoms with Crippen molar-refractivity contribution in [2.24, 2.45) is 0 Å². The van der Waals surface area contributed by atoms with Crippen LogP contribution in [-0.2, 0) is 20.9 Å². The minimum Gasteiger partial charge on any atom is -0.481 e. The minimum atomic E-state index is -0.659. The maximum atomic E-state index is 11.8. The first kappa shape index (κ1) is 34.2. The summed E-state index contributed by atoms with van der Waals surface area (Å²) in [4.78, 5) is 22.3. The predicted octanol–water partition coefficient (Wildman–Crippen LogP) is 10.6. The molecule has 218 valence electrons. The molecule has 4 nitrogen and oxygen atoms in total. The smallest absolute Gasteiger partial charge is 0.306 e. The average molecular weight is 531 g/mol. The van der Waals surface area contributed by atoms with E-state index in [2.05, 4.69) is 0 Å². The van der Waals surface area contributed by atoms with E-state index < -0.39 is 5.97 Å². The second-order valence-electron chi connectivity index (χ2n) is 11.2. The van der Waals surface area contributed by atoms with Crippen LogP contribution in [0.4, 0.5) is 0 Å². The molecule has 0 fully saturated rings. The maximum Gasteiger partial charge on any atom is 0.306 e. The van der Waals surface area contributed by atoms with Crippen LogP contribution in [0.25, 0.3) is 0 Å². The number of esters is 1. The van der Waals surface area contributed by atoms with Gasteiger partial charge in [0.1, 0.15) is 6.61 Å². The number of rotatable bonds is 28. The van der Waals surface area contributed by atoms with Crippen LogP contribution >= 0.6 is 0 Å². The lowest BCUT2D eigenvalue weighted by molar-refractivity contribution is -0.145. The Balaban J connectivity index is 1.68. The summed E-state index contributed by atoms with van der Waals surface area (Å²) in [6, 6.07) is 9.88. The lowest BCUT2D eigenvalue weighted by Gasteiger charge is -2.05. The van der Waals surface area contributed by atoms with Crippen LogP contribution in [0, 0.1) is 0 Å². The van der Waals surface area contributed by atoms with Crippen molar-refractivity contribution in [2.45, 2.75) is 167 Å². The summed E-state index contributed by atoms with van der Waals surface area (Å²) in [6.45, 7) is 0.391. The van der Waals surface area contributed by atoms with E-state index >= 15 is 0 Å². The normalized spacial score (nSPS) is 11.1. The highest BCUT2D eigenvalue weighted by molar-refractivity contribution is 5.69. The number of hydrogen-bond donors (Lipinski definition) is 1. The number of hydrogen-bond acceptors (Lipinski definition) is 3. The molecular formula is C34H58O4. The number of ether oxygens (including phenoxy) is 1. The standard InChI is InChI=1S/C34H58O4/c35-33(36)29-25-20-18-16-14-12-10-8-6-4-2-1-3-5-7-9-11-13-15-17-19-21-26-30-34(37)38-31-32-27-23-22-24-28-32/h22-24,27-28H,1-21,25-26,29-31H2,(H,35,36). The Bertz CT molecular complexity index is 658. The van der Waals surface area contributed by atoms with Crippen LogP contribution in [0.3, 0.4) is 0 Å². The third kappa shape index (κ3) is 24.5. The van der Waals surface area contributed by atoms with E-state index in [1.807, 2.05) is 30.3 Å². The van der Waals surface area contributed by atoms with Crippen molar-refractivity contribution in [1.29, 1.82) is 0 Å². The Labute approximate surface area is 234 Å². The number of unbranched alkanes of at least 4 members (excludes halogenated alkanes) is 22. The predicted molar refractivity (Wildman–Crippen MR) is 159 cm³/mol. The van der Waals surface area contributed by atoms with Gasteiger partial charge in [-0.2, -0.15) is 0 Å². The van der Waals surface area contributed by atoms with Crippen molar-refractivity contribution < 1.29 is 19.4 Å². The van der Waals surface area contributed by atoms with E-state index in [1.165, 1.54) is 122 Å². The van der Waals surface area contributed by atoms with Crippen LogP contribution in [-0.4, -0.2) is 17.0 Å². The Kier molecular flexibility index (Phi) is 24.1. The number of benzene rings is 1. The van der Waals surface area contributed by atoms with Crippen molar-refractivity contribution in [3.05, 3.63) is 35.9 Å². The van der Waals surface area contributed by atoms with E-state index in [9.17, 15) is 9.59 Å². The van der Waals surface area contributed by atoms with Crippen LogP contribution in [0.1, 0.15) is 166 Å². The van der Waals surface area contributed by atoms with Crippen molar-refractivity contribution in [2.75, 3.05) is 0 Å². The summed E-state index contributed by atoms with van der Waals surface area (Å²) >= 11 is 0. The van der Waals surface area contributed by atoms with E-state index in [0.717, 1.165) is 31.2 Å². The second-order valence-corrected chi connectivity index (χ2v) is 11.2. The molecule has 0 spiro atoms. The topological polar surface area (TPSA) is 63.6 Å². The lowest BCUT2D eigenvalue weighted by atomic mass is 10.0. The molecule has 38 heavy (non-hydrogen) atoms. The Morgan fingerprint density at radius 2 is 0.789 bits per heavy atom. The van der Waals surface area contributed by atoms with Gasteiger partial charge in [-0.15, -0.1) is 0 Å². The summed E-state index contributed by atoms with van der Waals surface area (Å²) in [5, 5.41) is 8.62. The molecule has 0 aliphatic heterocycles. The van der Waals surface area contributed by atoms with E-state index in [0.29, 0.717) is 19.4 Å². The highest BCUT2D eigenvalue weighted by Gasteiger charge is 2.03. The monoisotopic (exact) mass is 530 g/mol. The van der Waals surface area contributed by atoms with Gasteiger partial charge in [-0.3, -0.25) is 9.59 Å². The van der Waals surface area contributed by atoms with Gasteiger partial charge in [0.25, 0.3) is 0 Å². The second kappa shape index (κ2) is 26.8. The fourth-order valence-corrected chi connectivity index (χ4v) is 5.07. The average Bonchev–Trinajstić information content (AvgIpc) is 2.92. The third-order valence-corrected chi connectivity index (χ3v) is 7.51. The summed E-state index contributed by atoms with van der Waals surface area (Å²) < 4.78 is 5.33. The van der Waals surface area contributed by atoms with Gasteiger partial charge in [-0.1, -0.05) is 165 Å². The number of aliphatic carboxylic acids is 1. The van der Waals surface area contributed by atoms with Gasteiger partial charge in [0.2, 0.25) is 0 Å². The molecule has 1 N–H and O–H groups in total. The highest BCUT2D eigenvalue weighted by Crippen LogP contribution is 2.16. The molecule has 1 aromatic rings. The molecule has 0 radical (unpaired) electrons. The summed E-state index contributed by atoms with van der Waals surface area (Å²) in [6.07, 6.45) is 30.7. The molecule has 0 saturated heterocycles. The van der Waals surface area contributed by atoms with E-state index in [1.54, 1.807) is 0 Å². The van der Waals surface area contributed by atoms with Gasteiger partial charge >= 0.3 is 11.9 Å². The molecule has 0 unspecified atom stereocenters. The first-order valence-electron chi connectivity index (χ1n) is 16.1. The van der Waals surface area contributed by atoms with Gasteiger partial charge in [-0.25, -0.2) is 0 Å². The quantitative estimate of drug-likeness (QED) is 0.0864. The van der Waals surface area contributed by atoms with Gasteiger partial charge in [0, 0.05) is 12.8 Å². The van der Waals surface area contributed by atoms with Crippen molar-refractivity contribution in [1.82, 2.24) is 0 Å². The maximum absolute atomic E-state index is 11.8. The molecule has 0 aliphatic rings. The number of carboxylic acids is 1. The zero-order chi connectivity index (χ0) is 27.4. The molecule has 0 bridgehead atoms. The molecule has 0 aliphatic carbocycles. The molecule has 0 saturated carbocycles. The van der Waals surface area contributed by atoms with Crippen LogP contribution in [0.5, 0.6) is 0 Å². The molecule has 0 heterocycles. The lowest BCUT2D eigenvalue weighted by Crippen LogP contribution is -2.04. The molecular weight excluding hydrogens is 472 g/mol. The summed E-state index contributed by atoms with van der Waals surface area (Å²) in [5.74, 6) is -0.729. The Morgan fingerprint density at radius 1 is 0.474 bits per heavy atom. The Hall–Kier alpha value is -1.84. The minimum absolute atomic E-state index is 0.0696. The Morgan fingerprint density at radius 3 is 1.13 bits per heavy atom. The first-order valence-corrected chi connectivity index (χ1v) is 16.1. The molecule has 0 atom stereocenters. The van der Waals surface area contributed by atoms with Gasteiger partial charge in [0.15, 0.2) is 0 Å². The van der Waals surface area contributed by atoms with Gasteiger partial charge < -0.3 is 9.84 Å². The van der Waals surface area contributed by atoms with Gasteiger partial charge in [-0.05, 0) is 18.4 Å². The zero-order valence-corrected chi connectivity index (χ0v) is 24.4. The number of carboxylic acid groups (broad SMARTS) is 1. The fourth-order valence-electron chi connectivity index (χ4n) is 5.07. The van der Waals surface area contributed by atoms with Crippen LogP contribution < -0.4 is 0 Å². The molecule has 1 rings (SSSR count). The first-order chi connectivity index (χ1) is 18.7. The molecule has 0 aromatic heterocycles. The van der Waals surface area contributed by atoms with Crippen molar-refractivity contribution in [3.63, 3.8) is 0 Å². The van der Waals surface area contributed by atoms with Crippen molar-refractivity contribution in [3.8, 4) is 0 Å². The fraction of sp³-hybridized carbons (Fsp3) is 0.765. The molecule has 1 aromatic carbocycles. The number of carbonyl (C=O) groups is 2. The van der Waals surface area contributed by atoms with E-state index in [4.69, 9.17) is 9.84 Å². The third-order valence-electron chi connectivity index (χ3n) is 7.51. The summed E-state index contributed by atoms with van der Waals surface area (Å²) in [7, 11) is 0. The zero-order valence-electron chi connectivity index (χ0n) is 24.4. The summed E-state index contributed by atoms with van der Waals surface area (Å²) in [5.41, 5.74) is 1.05. The highest BCUT2D eigenvalue weighted by atomic mass is 16.5. The van der Waals surface area contributed by atoms with E-state index in [-0.39, 0.29) is 5.97 Å². The molecule has 0 amide bonds. The largest absolute Gasteiger partial charge is 0.481 e. The SMILES string of the molecule is O=C(O)CCCCCCCCCCCCCCCCCCCCCCCCCC(=O)OCc1ccccc1.